The van der Waals surface area contributed by atoms with Gasteiger partial charge in [-0.3, -0.25) is 4.79 Å². The summed E-state index contributed by atoms with van der Waals surface area (Å²) in [5.41, 5.74) is 4.06. The zero-order valence-electron chi connectivity index (χ0n) is 14.2. The number of nitrogens with zero attached hydrogens (tertiary/aromatic N) is 2. The molecule has 0 aliphatic rings. The topological polar surface area (TPSA) is 54.9 Å². The second kappa shape index (κ2) is 7.53. The lowest BCUT2D eigenvalue weighted by Crippen LogP contribution is -2.14. The van der Waals surface area contributed by atoms with Gasteiger partial charge in [-0.2, -0.15) is 0 Å². The smallest absolute Gasteiger partial charge is 0.256 e. The highest BCUT2D eigenvalue weighted by Crippen LogP contribution is 2.21. The molecule has 1 heterocycles. The number of hydrogen-bond donors (Lipinski definition) is 1. The molecule has 4 heteroatoms. The summed E-state index contributed by atoms with van der Waals surface area (Å²) in [6, 6.07) is 18.9. The van der Waals surface area contributed by atoms with Crippen LogP contribution < -0.4 is 5.32 Å². The molecular formula is C21H19N3O. The highest BCUT2D eigenvalue weighted by atomic mass is 16.1. The highest BCUT2D eigenvalue weighted by Gasteiger charge is 2.12. The monoisotopic (exact) mass is 329 g/mol. The van der Waals surface area contributed by atoms with Crippen molar-refractivity contribution in [1.82, 2.24) is 9.97 Å². The van der Waals surface area contributed by atoms with Crippen LogP contribution in [-0.2, 0) is 0 Å². The summed E-state index contributed by atoms with van der Waals surface area (Å²) in [6.07, 6.45) is 3.60. The fourth-order valence-electron chi connectivity index (χ4n) is 2.39. The van der Waals surface area contributed by atoms with Crippen molar-refractivity contribution in [2.75, 3.05) is 5.32 Å². The van der Waals surface area contributed by atoms with Crippen LogP contribution in [0, 0.1) is 0 Å². The van der Waals surface area contributed by atoms with Crippen molar-refractivity contribution >= 4 is 17.8 Å². The van der Waals surface area contributed by atoms with Crippen LogP contribution in [0.25, 0.3) is 17.3 Å². The van der Waals surface area contributed by atoms with Crippen LogP contribution in [0.4, 0.5) is 5.82 Å². The first-order valence-electron chi connectivity index (χ1n) is 8.07. The summed E-state index contributed by atoms with van der Waals surface area (Å²) in [4.78, 5) is 21.5. The first kappa shape index (κ1) is 16.6. The molecule has 4 nitrogen and oxygen atoms in total. The van der Waals surface area contributed by atoms with Crippen LogP contribution in [0.1, 0.15) is 29.9 Å². The Morgan fingerprint density at radius 3 is 2.24 bits per heavy atom. The number of carbonyl (C=O) groups is 1. The molecule has 3 aromatic rings. The third-order valence-corrected chi connectivity index (χ3v) is 3.56. The number of anilines is 1. The zero-order chi connectivity index (χ0) is 17.6. The van der Waals surface area contributed by atoms with Crippen LogP contribution in [-0.4, -0.2) is 15.9 Å². The molecule has 25 heavy (non-hydrogen) atoms. The molecule has 0 fully saturated rings. The van der Waals surface area contributed by atoms with E-state index in [1.165, 1.54) is 0 Å². The number of benzene rings is 2. The van der Waals surface area contributed by atoms with Crippen molar-refractivity contribution in [2.24, 2.45) is 0 Å². The minimum Gasteiger partial charge on any atom is -0.305 e. The SMILES string of the molecule is CC(C)=Cc1nc(-c2ccccc2)cnc1NC(=O)c1ccccc1. The van der Waals surface area contributed by atoms with E-state index in [1.54, 1.807) is 18.3 Å². The van der Waals surface area contributed by atoms with Crippen molar-refractivity contribution in [2.45, 2.75) is 13.8 Å². The van der Waals surface area contributed by atoms with Crippen molar-refractivity contribution in [3.05, 3.63) is 83.7 Å². The molecule has 1 amide bonds. The van der Waals surface area contributed by atoms with Crippen LogP contribution in [0.3, 0.4) is 0 Å². The number of carbonyl (C=O) groups excluding carboxylic acids is 1. The van der Waals surface area contributed by atoms with E-state index >= 15 is 0 Å². The van der Waals surface area contributed by atoms with E-state index in [2.05, 4.69) is 15.3 Å². The molecule has 0 unspecified atom stereocenters. The summed E-state index contributed by atoms with van der Waals surface area (Å²) in [7, 11) is 0. The summed E-state index contributed by atoms with van der Waals surface area (Å²) >= 11 is 0. The molecule has 0 saturated carbocycles. The summed E-state index contributed by atoms with van der Waals surface area (Å²) in [5.74, 6) is 0.250. The fourth-order valence-corrected chi connectivity index (χ4v) is 2.39. The molecular weight excluding hydrogens is 310 g/mol. The minimum atomic E-state index is -0.203. The average Bonchev–Trinajstić information content (AvgIpc) is 2.64. The average molecular weight is 329 g/mol. The lowest BCUT2D eigenvalue weighted by atomic mass is 10.1. The molecule has 3 rings (SSSR count). The van der Waals surface area contributed by atoms with Gasteiger partial charge in [-0.25, -0.2) is 9.97 Å². The largest absolute Gasteiger partial charge is 0.305 e. The molecule has 0 spiro atoms. The van der Waals surface area contributed by atoms with Gasteiger partial charge in [-0.1, -0.05) is 54.1 Å². The van der Waals surface area contributed by atoms with Crippen molar-refractivity contribution in [1.29, 1.82) is 0 Å². The second-order valence-electron chi connectivity index (χ2n) is 5.90. The number of allylic oxidation sites excluding steroid dienone is 1. The molecule has 2 aromatic carbocycles. The van der Waals surface area contributed by atoms with E-state index in [4.69, 9.17) is 0 Å². The molecule has 1 aromatic heterocycles. The Balaban J connectivity index is 1.96. The Morgan fingerprint density at radius 2 is 1.60 bits per heavy atom. The number of hydrogen-bond acceptors (Lipinski definition) is 3. The Morgan fingerprint density at radius 1 is 0.960 bits per heavy atom. The number of aromatic nitrogens is 2. The first-order chi connectivity index (χ1) is 12.1. The van der Waals surface area contributed by atoms with Gasteiger partial charge in [0.2, 0.25) is 0 Å². The predicted octanol–water partition coefficient (Wildman–Crippen LogP) is 4.82. The third-order valence-electron chi connectivity index (χ3n) is 3.56. The Hall–Kier alpha value is -3.27. The van der Waals surface area contributed by atoms with E-state index in [1.807, 2.05) is 68.5 Å². The third kappa shape index (κ3) is 4.18. The maximum atomic E-state index is 12.4. The fraction of sp³-hybridized carbons (Fsp3) is 0.0952. The van der Waals surface area contributed by atoms with Gasteiger partial charge in [0.15, 0.2) is 5.82 Å². The van der Waals surface area contributed by atoms with E-state index in [0.717, 1.165) is 16.8 Å². The molecule has 0 radical (unpaired) electrons. The van der Waals surface area contributed by atoms with Crippen molar-refractivity contribution in [3.63, 3.8) is 0 Å². The lowest BCUT2D eigenvalue weighted by molar-refractivity contribution is 0.102. The quantitative estimate of drug-likeness (QED) is 0.746. The molecule has 0 atom stereocenters. The van der Waals surface area contributed by atoms with Gasteiger partial charge in [0.1, 0.15) is 5.69 Å². The van der Waals surface area contributed by atoms with Crippen LogP contribution in [0.5, 0.6) is 0 Å². The highest BCUT2D eigenvalue weighted by molar-refractivity contribution is 6.04. The van der Waals surface area contributed by atoms with Crippen molar-refractivity contribution in [3.8, 4) is 11.3 Å². The molecule has 0 saturated heterocycles. The predicted molar refractivity (Wildman–Crippen MR) is 101 cm³/mol. The minimum absolute atomic E-state index is 0.203. The lowest BCUT2D eigenvalue weighted by Gasteiger charge is -2.10. The Bertz CT molecular complexity index is 899. The molecule has 1 N–H and O–H groups in total. The molecule has 0 aliphatic carbocycles. The molecule has 0 aliphatic heterocycles. The van der Waals surface area contributed by atoms with Crippen LogP contribution in [0.2, 0.25) is 0 Å². The maximum absolute atomic E-state index is 12.4. The second-order valence-corrected chi connectivity index (χ2v) is 5.90. The Labute approximate surface area is 147 Å². The summed E-state index contributed by atoms with van der Waals surface area (Å²) < 4.78 is 0. The van der Waals surface area contributed by atoms with E-state index < -0.39 is 0 Å². The van der Waals surface area contributed by atoms with Gasteiger partial charge < -0.3 is 5.32 Å². The normalized spacial score (nSPS) is 10.2. The van der Waals surface area contributed by atoms with Gasteiger partial charge in [0.25, 0.3) is 5.91 Å². The summed E-state index contributed by atoms with van der Waals surface area (Å²) in [6.45, 7) is 3.97. The van der Waals surface area contributed by atoms with Crippen molar-refractivity contribution < 1.29 is 4.79 Å². The zero-order valence-corrected chi connectivity index (χ0v) is 14.2. The molecule has 0 bridgehead atoms. The van der Waals surface area contributed by atoms with E-state index in [-0.39, 0.29) is 5.91 Å². The van der Waals surface area contributed by atoms with Gasteiger partial charge in [-0.05, 0) is 32.1 Å². The van der Waals surface area contributed by atoms with Gasteiger partial charge >= 0.3 is 0 Å². The number of rotatable bonds is 4. The van der Waals surface area contributed by atoms with Crippen LogP contribution >= 0.6 is 0 Å². The number of nitrogens with one attached hydrogen (secondary N) is 1. The van der Waals surface area contributed by atoms with Gasteiger partial charge in [-0.15, -0.1) is 0 Å². The van der Waals surface area contributed by atoms with Gasteiger partial charge in [0.05, 0.1) is 11.9 Å². The summed E-state index contributed by atoms with van der Waals surface area (Å²) in [5, 5.41) is 2.85. The van der Waals surface area contributed by atoms with Crippen LogP contribution in [0.15, 0.2) is 72.4 Å². The van der Waals surface area contributed by atoms with E-state index in [9.17, 15) is 4.79 Å². The standard InChI is InChI=1S/C21H19N3O/c1-15(2)13-18-20(24-21(25)17-11-7-4-8-12-17)22-14-19(23-18)16-9-5-3-6-10-16/h3-14H,1-2H3,(H,22,24,25). The Kier molecular flexibility index (Phi) is 5.00. The number of amides is 1. The van der Waals surface area contributed by atoms with Gasteiger partial charge in [0, 0.05) is 11.1 Å². The molecule has 124 valence electrons. The first-order valence-corrected chi connectivity index (χ1v) is 8.07. The maximum Gasteiger partial charge on any atom is 0.256 e. The van der Waals surface area contributed by atoms with E-state index in [0.29, 0.717) is 17.1 Å².